The molecule has 0 saturated heterocycles. The second-order valence-corrected chi connectivity index (χ2v) is 8.85. The van der Waals surface area contributed by atoms with Crippen LogP contribution in [0.25, 0.3) is 0 Å². The number of amides is 2. The highest BCUT2D eigenvalue weighted by molar-refractivity contribution is 9.09. The summed E-state index contributed by atoms with van der Waals surface area (Å²) in [5, 5.41) is 5.00. The average molecular weight is 493 g/mol. The van der Waals surface area contributed by atoms with Crippen molar-refractivity contribution in [3.8, 4) is 0 Å². The van der Waals surface area contributed by atoms with Gasteiger partial charge in [0.1, 0.15) is 6.04 Å². The molecule has 30 heavy (non-hydrogen) atoms. The number of rotatable bonds is 12. The summed E-state index contributed by atoms with van der Waals surface area (Å²) in [6.45, 7) is 3.90. The topological polar surface area (TPSA) is 66.5 Å². The Labute approximate surface area is 191 Å². The molecule has 0 radical (unpaired) electrons. The number of unbranched alkanes of at least 4 members (excludes halogenated alkanes) is 1. The maximum absolute atomic E-state index is 13.3. The molecule has 7 heteroatoms. The van der Waals surface area contributed by atoms with E-state index in [1.54, 1.807) is 16.2 Å². The van der Waals surface area contributed by atoms with Crippen molar-refractivity contribution < 1.29 is 14.4 Å². The maximum Gasteiger partial charge on any atom is 0.243 e. The van der Waals surface area contributed by atoms with Crippen LogP contribution in [0.3, 0.4) is 0 Å². The number of benzene rings is 1. The van der Waals surface area contributed by atoms with Crippen LogP contribution in [0.5, 0.6) is 0 Å². The van der Waals surface area contributed by atoms with Crippen molar-refractivity contribution in [3.63, 3.8) is 0 Å². The Balaban J connectivity index is 2.31. The fraction of sp³-hybridized carbons (Fsp3) is 0.435. The summed E-state index contributed by atoms with van der Waals surface area (Å²) in [5.41, 5.74) is 0.962. The van der Waals surface area contributed by atoms with Crippen molar-refractivity contribution in [3.05, 3.63) is 58.3 Å². The van der Waals surface area contributed by atoms with E-state index in [1.165, 1.54) is 6.92 Å². The first kappa shape index (κ1) is 24.3. The lowest BCUT2D eigenvalue weighted by Gasteiger charge is -2.31. The van der Waals surface area contributed by atoms with Gasteiger partial charge < -0.3 is 10.2 Å². The smallest absolute Gasteiger partial charge is 0.243 e. The van der Waals surface area contributed by atoms with Crippen molar-refractivity contribution in [2.45, 2.75) is 58.2 Å². The van der Waals surface area contributed by atoms with Crippen LogP contribution < -0.4 is 5.32 Å². The predicted molar refractivity (Wildman–Crippen MR) is 125 cm³/mol. The molecule has 2 aromatic rings. The van der Waals surface area contributed by atoms with Crippen molar-refractivity contribution in [1.82, 2.24) is 10.2 Å². The molecule has 0 saturated carbocycles. The molecule has 0 aliphatic rings. The number of thiophene rings is 1. The highest BCUT2D eigenvalue weighted by Crippen LogP contribution is 2.18. The second-order valence-electron chi connectivity index (χ2n) is 7.25. The number of nitrogens with zero attached hydrogens (tertiary/aromatic N) is 1. The lowest BCUT2D eigenvalue weighted by molar-refractivity contribution is -0.140. The number of nitrogens with one attached hydrogen (secondary N) is 1. The molecule has 5 nitrogen and oxygen atoms in total. The summed E-state index contributed by atoms with van der Waals surface area (Å²) >= 11 is 4.81. The van der Waals surface area contributed by atoms with Crippen LogP contribution in [0.1, 0.15) is 43.6 Å². The fourth-order valence-electron chi connectivity index (χ4n) is 3.25. The fourth-order valence-corrected chi connectivity index (χ4v) is 4.28. The zero-order valence-electron chi connectivity index (χ0n) is 17.5. The highest BCUT2D eigenvalue weighted by atomic mass is 79.9. The van der Waals surface area contributed by atoms with E-state index >= 15 is 0 Å². The third-order valence-corrected chi connectivity index (χ3v) is 6.29. The summed E-state index contributed by atoms with van der Waals surface area (Å²) in [5.74, 6) is -0.514. The minimum Gasteiger partial charge on any atom is -0.345 e. The highest BCUT2D eigenvalue weighted by Gasteiger charge is 2.31. The standard InChI is InChI=1S/C23H29BrN2O3S/c1-3-4-12-20(17(2)27)25-23(29)21(14-18-9-6-5-7-10-18)26(22(28)15-24)16-19-11-8-13-30-19/h5-11,13,20-21H,3-4,12,14-16H2,1-2H3,(H,25,29)/t20-,21-/m0/s1. The minimum atomic E-state index is -0.706. The summed E-state index contributed by atoms with van der Waals surface area (Å²) in [6, 6.07) is 12.3. The monoisotopic (exact) mass is 492 g/mol. The number of halogens is 1. The number of carbonyl (C=O) groups excluding carboxylic acids is 3. The Bertz CT molecular complexity index is 811. The van der Waals surface area contributed by atoms with Crippen molar-refractivity contribution in [2.24, 2.45) is 0 Å². The van der Waals surface area contributed by atoms with Gasteiger partial charge in [0.15, 0.2) is 5.78 Å². The zero-order chi connectivity index (χ0) is 21.9. The number of ketones is 1. The van der Waals surface area contributed by atoms with Gasteiger partial charge in [0.25, 0.3) is 0 Å². The third-order valence-electron chi connectivity index (χ3n) is 4.95. The largest absolute Gasteiger partial charge is 0.345 e. The van der Waals surface area contributed by atoms with E-state index in [0.29, 0.717) is 19.4 Å². The second kappa shape index (κ2) is 12.6. The van der Waals surface area contributed by atoms with E-state index in [2.05, 4.69) is 28.2 Å². The number of hydrogen-bond donors (Lipinski definition) is 1. The molecule has 2 atom stereocenters. The molecule has 2 rings (SSSR count). The van der Waals surface area contributed by atoms with E-state index in [-0.39, 0.29) is 22.9 Å². The molecule has 0 aliphatic heterocycles. The maximum atomic E-state index is 13.3. The van der Waals surface area contributed by atoms with Crippen LogP contribution >= 0.6 is 27.3 Å². The summed E-state index contributed by atoms with van der Waals surface area (Å²) in [7, 11) is 0. The van der Waals surface area contributed by atoms with Crippen LogP contribution in [-0.4, -0.2) is 39.9 Å². The molecule has 162 valence electrons. The first-order chi connectivity index (χ1) is 14.5. The van der Waals surface area contributed by atoms with Crippen LogP contribution in [0.2, 0.25) is 0 Å². The van der Waals surface area contributed by atoms with E-state index in [0.717, 1.165) is 23.3 Å². The van der Waals surface area contributed by atoms with Gasteiger partial charge in [-0.15, -0.1) is 11.3 Å². The molecule has 1 aromatic carbocycles. The summed E-state index contributed by atoms with van der Waals surface area (Å²) in [4.78, 5) is 40.8. The van der Waals surface area contributed by atoms with Crippen molar-refractivity contribution >= 4 is 44.9 Å². The molecule has 0 bridgehead atoms. The minimum absolute atomic E-state index is 0.0631. The summed E-state index contributed by atoms with van der Waals surface area (Å²) in [6.07, 6.45) is 2.79. The van der Waals surface area contributed by atoms with Crippen LogP contribution in [0.4, 0.5) is 0 Å². The summed E-state index contributed by atoms with van der Waals surface area (Å²) < 4.78 is 0. The first-order valence-corrected chi connectivity index (χ1v) is 12.2. The average Bonchev–Trinajstić information content (AvgIpc) is 3.26. The number of Topliss-reactive ketones (excluding diaryl/α,β-unsaturated/α-hetero) is 1. The Morgan fingerprint density at radius 1 is 1.13 bits per heavy atom. The van der Waals surface area contributed by atoms with E-state index in [1.807, 2.05) is 47.8 Å². The predicted octanol–water partition coefficient (Wildman–Crippen LogP) is 4.35. The first-order valence-electron chi connectivity index (χ1n) is 10.2. The normalized spacial score (nSPS) is 12.8. The van der Waals surface area contributed by atoms with Gasteiger partial charge in [-0.25, -0.2) is 0 Å². The molecule has 0 aliphatic carbocycles. The zero-order valence-corrected chi connectivity index (χ0v) is 19.9. The Hall–Kier alpha value is -1.99. The molecular weight excluding hydrogens is 464 g/mol. The molecule has 0 unspecified atom stereocenters. The van der Waals surface area contributed by atoms with Gasteiger partial charge in [-0.3, -0.25) is 14.4 Å². The van der Waals surface area contributed by atoms with E-state index in [9.17, 15) is 14.4 Å². The van der Waals surface area contributed by atoms with Crippen LogP contribution in [0.15, 0.2) is 47.8 Å². The van der Waals surface area contributed by atoms with Gasteiger partial charge in [0.2, 0.25) is 11.8 Å². The van der Waals surface area contributed by atoms with Gasteiger partial charge in [-0.1, -0.05) is 72.1 Å². The quantitative estimate of drug-likeness (QED) is 0.448. The van der Waals surface area contributed by atoms with Gasteiger partial charge in [0.05, 0.1) is 17.9 Å². The van der Waals surface area contributed by atoms with Crippen molar-refractivity contribution in [1.29, 1.82) is 0 Å². The Morgan fingerprint density at radius 2 is 1.87 bits per heavy atom. The molecular formula is C23H29BrN2O3S. The number of carbonyl (C=O) groups is 3. The van der Waals surface area contributed by atoms with Gasteiger partial charge in [-0.05, 0) is 30.4 Å². The van der Waals surface area contributed by atoms with Gasteiger partial charge in [0, 0.05) is 11.3 Å². The molecule has 2 amide bonds. The molecule has 1 N–H and O–H groups in total. The Kier molecular flexibility index (Phi) is 10.2. The molecule has 0 fully saturated rings. The van der Waals surface area contributed by atoms with Crippen LogP contribution in [0, 0.1) is 0 Å². The third kappa shape index (κ3) is 7.36. The van der Waals surface area contributed by atoms with Gasteiger partial charge in [-0.2, -0.15) is 0 Å². The van der Waals surface area contributed by atoms with Crippen LogP contribution in [-0.2, 0) is 27.3 Å². The SMILES string of the molecule is CCCC[C@H](NC(=O)[C@H](Cc1ccccc1)N(Cc1cccs1)C(=O)CBr)C(C)=O. The van der Waals surface area contributed by atoms with E-state index < -0.39 is 12.1 Å². The molecule has 1 heterocycles. The lowest BCUT2D eigenvalue weighted by atomic mass is 10.0. The van der Waals surface area contributed by atoms with E-state index in [4.69, 9.17) is 0 Å². The van der Waals surface area contributed by atoms with Crippen molar-refractivity contribution in [2.75, 3.05) is 5.33 Å². The molecule has 0 spiro atoms. The molecule has 1 aromatic heterocycles. The lowest BCUT2D eigenvalue weighted by Crippen LogP contribution is -2.54. The number of alkyl halides is 1. The Morgan fingerprint density at radius 3 is 2.43 bits per heavy atom. The van der Waals surface area contributed by atoms with Gasteiger partial charge >= 0.3 is 0 Å². The number of hydrogen-bond acceptors (Lipinski definition) is 4.